The maximum Gasteiger partial charge on any atom is 0.231 e. The Morgan fingerprint density at radius 1 is 1.00 bits per heavy atom. The molecule has 2 unspecified atom stereocenters. The molecule has 0 aliphatic heterocycles. The molecule has 0 radical (unpaired) electrons. The molecule has 0 bridgehead atoms. The Kier molecular flexibility index (Phi) is 7.10. The Labute approximate surface area is 222 Å². The van der Waals surface area contributed by atoms with E-state index in [2.05, 4.69) is 5.32 Å². The fraction of sp³-hybridized carbons (Fsp3) is 0.200. The van der Waals surface area contributed by atoms with Gasteiger partial charge in [-0.25, -0.2) is 0 Å². The lowest BCUT2D eigenvalue weighted by Crippen LogP contribution is -2.17. The number of benzene rings is 3. The number of hydrogen-bond acceptors (Lipinski definition) is 3. The van der Waals surface area contributed by atoms with Crippen LogP contribution in [-0.4, -0.2) is 16.0 Å². The van der Waals surface area contributed by atoms with E-state index >= 15 is 0 Å². The molecule has 0 heterocycles. The molecule has 0 saturated heterocycles. The van der Waals surface area contributed by atoms with Crippen molar-refractivity contribution in [2.45, 2.75) is 23.6 Å². The average molecular weight is 557 g/mol. The van der Waals surface area contributed by atoms with Gasteiger partial charge in [0.1, 0.15) is 4.33 Å². The summed E-state index contributed by atoms with van der Waals surface area (Å²) in [4.78, 5) is 25.8. The van der Waals surface area contributed by atoms with Crippen LogP contribution in [0.1, 0.15) is 33.0 Å². The van der Waals surface area contributed by atoms with Gasteiger partial charge in [-0.1, -0.05) is 53.0 Å². The second kappa shape index (κ2) is 9.60. The van der Waals surface area contributed by atoms with Crippen LogP contribution < -0.4 is 11.1 Å². The fourth-order valence-corrected chi connectivity index (χ4v) is 5.45. The third kappa shape index (κ3) is 5.02. The number of carbonyl (C=O) groups excluding carboxylic acids is 2. The van der Waals surface area contributed by atoms with Gasteiger partial charge in [0, 0.05) is 29.3 Å². The van der Waals surface area contributed by atoms with Crippen molar-refractivity contribution in [2.24, 2.45) is 5.92 Å². The van der Waals surface area contributed by atoms with Gasteiger partial charge in [0.2, 0.25) is 5.91 Å². The van der Waals surface area contributed by atoms with Crippen molar-refractivity contribution in [3.8, 4) is 0 Å². The van der Waals surface area contributed by atoms with Crippen molar-refractivity contribution in [1.82, 2.24) is 0 Å². The molecule has 3 aromatic rings. The van der Waals surface area contributed by atoms with Crippen molar-refractivity contribution in [1.29, 1.82) is 0 Å². The maximum absolute atomic E-state index is 13.0. The lowest BCUT2D eigenvalue weighted by molar-refractivity contribution is -0.117. The van der Waals surface area contributed by atoms with Gasteiger partial charge in [-0.2, -0.15) is 0 Å². The Morgan fingerprint density at radius 2 is 1.68 bits per heavy atom. The van der Waals surface area contributed by atoms with E-state index in [9.17, 15) is 9.59 Å². The summed E-state index contributed by atoms with van der Waals surface area (Å²) in [6.07, 6.45) is 0.221. The number of anilines is 2. The van der Waals surface area contributed by atoms with Crippen LogP contribution in [0, 0.1) is 12.8 Å². The number of Topliss-reactive ketones (excluding diaryl/α,β-unsaturated/α-hetero) is 1. The maximum atomic E-state index is 13.0. The molecular weight excluding hydrogens is 538 g/mol. The van der Waals surface area contributed by atoms with E-state index in [1.807, 2.05) is 19.1 Å². The molecule has 0 spiro atoms. The normalized spacial score (nSPS) is 18.4. The standard InChI is InChI=1S/C25H19Cl5N2O2/c1-12-7-16(31)6-5-13(12)11-20(33)14-3-2-4-17(8-14)32-24(34)22-21(25(22,29)30)15-9-18(26)23(28)19(27)10-15/h2-10,21-22H,11,31H2,1H3,(H,32,34). The fourth-order valence-electron chi connectivity index (χ4n) is 4.01. The first-order valence-electron chi connectivity index (χ1n) is 10.3. The molecule has 1 aliphatic carbocycles. The van der Waals surface area contributed by atoms with E-state index in [1.165, 1.54) is 0 Å². The zero-order valence-corrected chi connectivity index (χ0v) is 21.6. The van der Waals surface area contributed by atoms with Crippen molar-refractivity contribution in [3.63, 3.8) is 0 Å². The van der Waals surface area contributed by atoms with E-state index in [4.69, 9.17) is 63.7 Å². The van der Waals surface area contributed by atoms with Gasteiger partial charge in [0.25, 0.3) is 0 Å². The topological polar surface area (TPSA) is 72.2 Å². The molecule has 4 rings (SSSR count). The van der Waals surface area contributed by atoms with Gasteiger partial charge < -0.3 is 11.1 Å². The van der Waals surface area contributed by atoms with Crippen LogP contribution in [-0.2, 0) is 11.2 Å². The zero-order valence-electron chi connectivity index (χ0n) is 17.8. The monoisotopic (exact) mass is 554 g/mol. The number of ketones is 1. The van der Waals surface area contributed by atoms with Crippen LogP contribution in [0.3, 0.4) is 0 Å². The smallest absolute Gasteiger partial charge is 0.231 e. The van der Waals surface area contributed by atoms with Crippen LogP contribution in [0.4, 0.5) is 11.4 Å². The Hall–Kier alpha value is -1.95. The summed E-state index contributed by atoms with van der Waals surface area (Å²) in [7, 11) is 0. The Balaban J connectivity index is 1.48. The molecule has 2 atom stereocenters. The third-order valence-electron chi connectivity index (χ3n) is 5.87. The molecule has 0 aromatic heterocycles. The second-order valence-electron chi connectivity index (χ2n) is 8.28. The lowest BCUT2D eigenvalue weighted by atomic mass is 9.99. The molecule has 4 nitrogen and oxygen atoms in total. The summed E-state index contributed by atoms with van der Waals surface area (Å²) in [5, 5.41) is 3.53. The van der Waals surface area contributed by atoms with E-state index in [0.29, 0.717) is 22.5 Å². The Morgan fingerprint density at radius 3 is 2.32 bits per heavy atom. The van der Waals surface area contributed by atoms with Crippen LogP contribution in [0.5, 0.6) is 0 Å². The minimum atomic E-state index is -1.33. The second-order valence-corrected chi connectivity index (χ2v) is 10.9. The first-order valence-corrected chi connectivity index (χ1v) is 12.2. The summed E-state index contributed by atoms with van der Waals surface area (Å²) < 4.78 is -1.33. The molecule has 3 aromatic carbocycles. The predicted octanol–water partition coefficient (Wildman–Crippen LogP) is 7.49. The summed E-state index contributed by atoms with van der Waals surface area (Å²) >= 11 is 31.1. The number of amides is 1. The van der Waals surface area contributed by atoms with E-state index in [1.54, 1.807) is 42.5 Å². The summed E-state index contributed by atoms with van der Waals surface area (Å²) in [5.41, 5.74) is 9.83. The first kappa shape index (κ1) is 25.2. The number of carbonyl (C=O) groups is 2. The number of alkyl halides is 2. The van der Waals surface area contributed by atoms with Gasteiger partial charge in [-0.15, -0.1) is 23.2 Å². The van der Waals surface area contributed by atoms with Gasteiger partial charge in [-0.3, -0.25) is 9.59 Å². The highest BCUT2D eigenvalue weighted by Gasteiger charge is 2.67. The first-order chi connectivity index (χ1) is 16.0. The highest BCUT2D eigenvalue weighted by Crippen LogP contribution is 2.65. The van der Waals surface area contributed by atoms with E-state index < -0.39 is 16.2 Å². The SMILES string of the molecule is Cc1cc(N)ccc1CC(=O)c1cccc(NC(=O)C2C(c3cc(Cl)c(Cl)c(Cl)c3)C2(Cl)Cl)c1. The number of hydrogen-bond donors (Lipinski definition) is 2. The van der Waals surface area contributed by atoms with Gasteiger partial charge in [0.15, 0.2) is 5.78 Å². The van der Waals surface area contributed by atoms with E-state index in [-0.39, 0.29) is 33.2 Å². The van der Waals surface area contributed by atoms with Crippen molar-refractivity contribution in [3.05, 3.63) is 91.9 Å². The van der Waals surface area contributed by atoms with Crippen molar-refractivity contribution in [2.75, 3.05) is 11.1 Å². The molecule has 176 valence electrons. The highest BCUT2D eigenvalue weighted by molar-refractivity contribution is 6.54. The molecule has 3 N–H and O–H groups in total. The molecule has 34 heavy (non-hydrogen) atoms. The molecular formula is C25H19Cl5N2O2. The highest BCUT2D eigenvalue weighted by atomic mass is 35.5. The van der Waals surface area contributed by atoms with Crippen LogP contribution >= 0.6 is 58.0 Å². The minimum Gasteiger partial charge on any atom is -0.399 e. The molecule has 9 heteroatoms. The Bertz CT molecular complexity index is 1290. The summed E-state index contributed by atoms with van der Waals surface area (Å²) in [5.74, 6) is -1.71. The number of rotatable bonds is 6. The quantitative estimate of drug-likeness (QED) is 0.143. The van der Waals surface area contributed by atoms with Crippen molar-refractivity contribution < 1.29 is 9.59 Å². The largest absolute Gasteiger partial charge is 0.399 e. The van der Waals surface area contributed by atoms with Gasteiger partial charge >= 0.3 is 0 Å². The number of aryl methyl sites for hydroxylation is 1. The predicted molar refractivity (Wildman–Crippen MR) is 141 cm³/mol. The molecule has 1 saturated carbocycles. The number of nitrogen functional groups attached to an aromatic ring is 1. The minimum absolute atomic E-state index is 0.0808. The zero-order chi connectivity index (χ0) is 24.8. The summed E-state index contributed by atoms with van der Waals surface area (Å²) in [6, 6.07) is 15.4. The van der Waals surface area contributed by atoms with Crippen LogP contribution in [0.2, 0.25) is 15.1 Å². The summed E-state index contributed by atoms with van der Waals surface area (Å²) in [6.45, 7) is 1.91. The van der Waals surface area contributed by atoms with Crippen LogP contribution in [0.15, 0.2) is 54.6 Å². The number of nitrogens with two attached hydrogens (primary N) is 1. The molecule has 1 amide bonds. The van der Waals surface area contributed by atoms with E-state index in [0.717, 1.165) is 11.1 Å². The lowest BCUT2D eigenvalue weighted by Gasteiger charge is -2.09. The third-order valence-corrected chi connectivity index (χ3v) is 8.01. The van der Waals surface area contributed by atoms with Gasteiger partial charge in [0.05, 0.1) is 21.0 Å². The average Bonchev–Trinajstić information content (AvgIpc) is 3.35. The molecule has 1 fully saturated rings. The van der Waals surface area contributed by atoms with Crippen molar-refractivity contribution >= 4 is 81.1 Å². The molecule has 1 aliphatic rings. The van der Waals surface area contributed by atoms with Gasteiger partial charge in [-0.05, 0) is 60.0 Å². The number of nitrogens with one attached hydrogen (secondary N) is 1. The van der Waals surface area contributed by atoms with Crippen LogP contribution in [0.25, 0.3) is 0 Å². The number of halogens is 5.